The second-order valence-corrected chi connectivity index (χ2v) is 11.5. The van der Waals surface area contributed by atoms with Crippen molar-refractivity contribution in [1.82, 2.24) is 0 Å². The van der Waals surface area contributed by atoms with E-state index in [1.165, 1.54) is 21.6 Å². The Kier molecular flexibility index (Phi) is 16.9. The van der Waals surface area contributed by atoms with Gasteiger partial charge in [0.05, 0.1) is 40.1 Å². The highest BCUT2D eigenvalue weighted by Gasteiger charge is 2.17. The van der Waals surface area contributed by atoms with Gasteiger partial charge in [-0.1, -0.05) is 59.6 Å². The average molecular weight is 609 g/mol. The molecule has 3 aromatic rings. The fraction of sp³-hybridized carbons (Fsp3) is 0.483. The fourth-order valence-electron chi connectivity index (χ4n) is 3.66. The molecule has 6 nitrogen and oxygen atoms in total. The normalized spacial score (nSPS) is 11.5. The molecule has 1 aliphatic heterocycles. The standard InChI is InChI=1S/C19H30O5.C10H8OS3.Al.3H/c1-3-5-7-20-8-9-21-10-11-22-14-17-13-19-18(23-15-24-19)12-16(17)6-4-2;1-11-8-4-2-7(3-5-8)9-6-10(12)14-13-9;;;;/h12-13H,3-11,14-15H2,1-2H3;2-6H,1H3;;;;. The van der Waals surface area contributed by atoms with Crippen LogP contribution < -0.4 is 14.2 Å². The summed E-state index contributed by atoms with van der Waals surface area (Å²) in [4.78, 5) is 1.22. The van der Waals surface area contributed by atoms with Gasteiger partial charge in [0.2, 0.25) is 6.79 Å². The number of ether oxygens (including phenoxy) is 6. The van der Waals surface area contributed by atoms with Crippen molar-refractivity contribution in [3.05, 3.63) is 57.4 Å². The molecule has 4 rings (SSSR count). The minimum absolute atomic E-state index is 0. The summed E-state index contributed by atoms with van der Waals surface area (Å²) in [6.07, 6.45) is 4.38. The average Bonchev–Trinajstić information content (AvgIpc) is 3.59. The lowest BCUT2D eigenvalue weighted by molar-refractivity contribution is 0.0101. The highest BCUT2D eigenvalue weighted by atomic mass is 32.9. The van der Waals surface area contributed by atoms with Gasteiger partial charge in [-0.2, -0.15) is 0 Å². The van der Waals surface area contributed by atoms with Crippen molar-refractivity contribution >= 4 is 50.3 Å². The first-order chi connectivity index (χ1) is 18.6. The molecule has 0 saturated heterocycles. The predicted octanol–water partition coefficient (Wildman–Crippen LogP) is 6.75. The van der Waals surface area contributed by atoms with Gasteiger partial charge < -0.3 is 28.4 Å². The van der Waals surface area contributed by atoms with E-state index in [0.29, 0.717) is 39.8 Å². The predicted molar refractivity (Wildman–Crippen MR) is 168 cm³/mol. The van der Waals surface area contributed by atoms with Crippen molar-refractivity contribution in [3.8, 4) is 27.7 Å². The zero-order chi connectivity index (χ0) is 27.0. The minimum atomic E-state index is 0. The second-order valence-electron chi connectivity index (χ2n) is 8.58. The number of hydrogen-bond donors (Lipinski definition) is 0. The Bertz CT molecular complexity index is 1130. The van der Waals surface area contributed by atoms with Gasteiger partial charge in [-0.3, -0.25) is 0 Å². The number of unbranched alkanes of at least 4 members (excludes halogenated alkanes) is 1. The molecule has 0 radical (unpaired) electrons. The van der Waals surface area contributed by atoms with E-state index in [1.54, 1.807) is 27.8 Å². The van der Waals surface area contributed by atoms with E-state index >= 15 is 0 Å². The topological polar surface area (TPSA) is 55.4 Å². The van der Waals surface area contributed by atoms with Crippen molar-refractivity contribution in [2.45, 2.75) is 46.1 Å². The van der Waals surface area contributed by atoms with Crippen LogP contribution in [0.25, 0.3) is 10.4 Å². The van der Waals surface area contributed by atoms with Crippen LogP contribution in [0.4, 0.5) is 0 Å². The lowest BCUT2D eigenvalue weighted by Gasteiger charge is -2.11. The van der Waals surface area contributed by atoms with Crippen LogP contribution in [-0.4, -0.2) is 64.3 Å². The van der Waals surface area contributed by atoms with Gasteiger partial charge in [-0.25, -0.2) is 0 Å². The molecule has 0 N–H and O–H groups in total. The monoisotopic (exact) mass is 608 g/mol. The summed E-state index contributed by atoms with van der Waals surface area (Å²) < 4.78 is 33.6. The van der Waals surface area contributed by atoms with E-state index in [2.05, 4.69) is 19.9 Å². The first-order valence-electron chi connectivity index (χ1n) is 13.0. The van der Waals surface area contributed by atoms with Gasteiger partial charge in [0.15, 0.2) is 28.9 Å². The zero-order valence-corrected chi connectivity index (χ0v) is 24.9. The molecule has 0 aliphatic carbocycles. The van der Waals surface area contributed by atoms with Gasteiger partial charge in [0, 0.05) is 11.5 Å². The largest absolute Gasteiger partial charge is 0.497 e. The van der Waals surface area contributed by atoms with Crippen molar-refractivity contribution in [2.75, 3.05) is 46.9 Å². The molecule has 0 unspecified atom stereocenters. The molecule has 2 heterocycles. The molecule has 0 fully saturated rings. The molecule has 2 aromatic carbocycles. The Morgan fingerprint density at radius 2 is 1.44 bits per heavy atom. The van der Waals surface area contributed by atoms with E-state index in [-0.39, 0.29) is 17.4 Å². The summed E-state index contributed by atoms with van der Waals surface area (Å²) in [7, 11) is 5.02. The van der Waals surface area contributed by atoms with Gasteiger partial charge >= 0.3 is 0 Å². The SMILES string of the molecule is CCCCOCCOCCOCc1cc2c(cc1CCC)OCO2.COc1ccc(-c2cc(=S)ss2)cc1.[AlH3]. The van der Waals surface area contributed by atoms with Gasteiger partial charge in [0.25, 0.3) is 0 Å². The summed E-state index contributed by atoms with van der Waals surface area (Å²) in [5, 5.41) is 0. The Morgan fingerprint density at radius 1 is 0.795 bits per heavy atom. The van der Waals surface area contributed by atoms with E-state index in [9.17, 15) is 0 Å². The maximum atomic E-state index is 5.75. The summed E-state index contributed by atoms with van der Waals surface area (Å²) in [5.41, 5.74) is 3.64. The van der Waals surface area contributed by atoms with E-state index in [1.807, 2.05) is 36.4 Å². The van der Waals surface area contributed by atoms with Gasteiger partial charge in [0.1, 0.15) is 9.57 Å². The van der Waals surface area contributed by atoms with E-state index < -0.39 is 0 Å². The fourth-order valence-corrected chi connectivity index (χ4v) is 6.06. The molecule has 0 atom stereocenters. The van der Waals surface area contributed by atoms with Crippen LogP contribution in [0, 0.1) is 3.82 Å². The van der Waals surface area contributed by atoms with Crippen LogP contribution in [-0.2, 0) is 27.2 Å². The molecule has 1 aliphatic rings. The lowest BCUT2D eigenvalue weighted by atomic mass is 10.0. The number of hydrogen-bond acceptors (Lipinski definition) is 9. The van der Waals surface area contributed by atoms with Crippen LogP contribution in [0.3, 0.4) is 0 Å². The maximum absolute atomic E-state index is 5.75. The van der Waals surface area contributed by atoms with Crippen LogP contribution in [0.1, 0.15) is 44.2 Å². The van der Waals surface area contributed by atoms with Crippen LogP contribution in [0.2, 0.25) is 0 Å². The van der Waals surface area contributed by atoms with Crippen LogP contribution in [0.15, 0.2) is 42.5 Å². The molecule has 39 heavy (non-hydrogen) atoms. The lowest BCUT2D eigenvalue weighted by Crippen LogP contribution is -2.10. The third-order valence-corrected chi connectivity index (χ3v) is 8.61. The van der Waals surface area contributed by atoms with Crippen molar-refractivity contribution in [2.24, 2.45) is 0 Å². The number of aryl methyl sites for hydroxylation is 1. The van der Waals surface area contributed by atoms with Crippen LogP contribution in [0.5, 0.6) is 17.2 Å². The highest BCUT2D eigenvalue weighted by Crippen LogP contribution is 2.35. The number of methoxy groups -OCH3 is 1. The highest BCUT2D eigenvalue weighted by molar-refractivity contribution is 7.80. The first kappa shape index (κ1) is 33.7. The smallest absolute Gasteiger partial charge is 0.231 e. The molecular formula is C29H41AlO6S3. The van der Waals surface area contributed by atoms with Gasteiger partial charge in [-0.15, -0.1) is 0 Å². The summed E-state index contributed by atoms with van der Waals surface area (Å²) in [6, 6.07) is 14.2. The quantitative estimate of drug-likeness (QED) is 0.0819. The zero-order valence-electron chi connectivity index (χ0n) is 22.5. The van der Waals surface area contributed by atoms with E-state index in [4.69, 9.17) is 40.6 Å². The van der Waals surface area contributed by atoms with Gasteiger partial charge in [-0.05, 0) is 72.0 Å². The van der Waals surface area contributed by atoms with E-state index in [0.717, 1.165) is 53.4 Å². The first-order valence-corrected chi connectivity index (χ1v) is 15.6. The van der Waals surface area contributed by atoms with Crippen LogP contribution >= 0.6 is 32.9 Å². The Morgan fingerprint density at radius 3 is 2.03 bits per heavy atom. The molecule has 0 spiro atoms. The summed E-state index contributed by atoms with van der Waals surface area (Å²) >= 11 is 5.09. The molecule has 0 saturated carbocycles. The molecule has 0 bridgehead atoms. The van der Waals surface area contributed by atoms with Crippen molar-refractivity contribution in [3.63, 3.8) is 0 Å². The Labute approximate surface area is 255 Å². The third-order valence-electron chi connectivity index (χ3n) is 5.70. The van der Waals surface area contributed by atoms with Crippen molar-refractivity contribution in [1.29, 1.82) is 0 Å². The molecule has 0 amide bonds. The molecular weight excluding hydrogens is 567 g/mol. The Balaban J connectivity index is 0.000000302. The molecule has 214 valence electrons. The molecule has 1 aromatic heterocycles. The number of rotatable bonds is 15. The van der Waals surface area contributed by atoms with Crippen molar-refractivity contribution < 1.29 is 28.4 Å². The Hall–Kier alpha value is -1.48. The maximum Gasteiger partial charge on any atom is 0.231 e. The molecule has 10 heteroatoms. The second kappa shape index (κ2) is 19.6. The summed E-state index contributed by atoms with van der Waals surface area (Å²) in [5.74, 6) is 2.54. The number of fused-ring (bicyclic) bond motifs is 1. The third kappa shape index (κ3) is 11.9. The summed E-state index contributed by atoms with van der Waals surface area (Å²) in [6.45, 7) is 8.47. The number of benzene rings is 2. The minimum Gasteiger partial charge on any atom is -0.497 e.